The summed E-state index contributed by atoms with van der Waals surface area (Å²) < 4.78 is 0. The Morgan fingerprint density at radius 3 is 2.57 bits per heavy atom. The minimum atomic E-state index is -0.0758. The van der Waals surface area contributed by atoms with Crippen molar-refractivity contribution in [2.75, 3.05) is 0 Å². The van der Waals surface area contributed by atoms with E-state index in [0.29, 0.717) is 30.0 Å². The topological polar surface area (TPSA) is 34.1 Å². The number of allylic oxidation sites excluding steroid dienone is 4. The minimum absolute atomic E-state index is 0.0758. The number of rotatable bonds is 0. The highest BCUT2D eigenvalue weighted by Crippen LogP contribution is 2.62. The Bertz CT molecular complexity index is 584. The fraction of sp³-hybridized carbons (Fsp3) is 0.684. The van der Waals surface area contributed by atoms with E-state index in [-0.39, 0.29) is 16.6 Å². The van der Waals surface area contributed by atoms with Gasteiger partial charge in [0.1, 0.15) is 5.78 Å². The van der Waals surface area contributed by atoms with E-state index < -0.39 is 0 Å². The molecule has 2 nitrogen and oxygen atoms in total. The monoisotopic (exact) mass is 284 g/mol. The predicted molar refractivity (Wildman–Crippen MR) is 81.6 cm³/mol. The molecule has 0 spiro atoms. The quantitative estimate of drug-likeness (QED) is 0.677. The van der Waals surface area contributed by atoms with E-state index in [9.17, 15) is 9.59 Å². The molecule has 0 amide bonds. The van der Waals surface area contributed by atoms with Gasteiger partial charge in [-0.25, -0.2) is 0 Å². The summed E-state index contributed by atoms with van der Waals surface area (Å²) in [6.07, 6.45) is 12.1. The lowest BCUT2D eigenvalue weighted by Crippen LogP contribution is -2.49. The summed E-state index contributed by atoms with van der Waals surface area (Å²) in [4.78, 5) is 24.1. The zero-order valence-electron chi connectivity index (χ0n) is 13.0. The van der Waals surface area contributed by atoms with Crippen LogP contribution in [0.25, 0.3) is 0 Å². The van der Waals surface area contributed by atoms with Crippen molar-refractivity contribution in [3.63, 3.8) is 0 Å². The van der Waals surface area contributed by atoms with Gasteiger partial charge in [0.2, 0.25) is 0 Å². The maximum Gasteiger partial charge on any atom is 0.156 e. The van der Waals surface area contributed by atoms with Gasteiger partial charge < -0.3 is 0 Å². The molecule has 0 aromatic rings. The van der Waals surface area contributed by atoms with Crippen LogP contribution in [0.5, 0.6) is 0 Å². The van der Waals surface area contributed by atoms with E-state index in [4.69, 9.17) is 0 Å². The summed E-state index contributed by atoms with van der Waals surface area (Å²) in [6, 6.07) is 0. The maximum atomic E-state index is 12.3. The number of carbonyl (C=O) groups excluding carboxylic acids is 2. The molecular formula is C19H24O2. The van der Waals surface area contributed by atoms with Crippen molar-refractivity contribution < 1.29 is 9.59 Å². The highest BCUT2D eigenvalue weighted by atomic mass is 16.1. The Kier molecular flexibility index (Phi) is 2.68. The second-order valence-electron chi connectivity index (χ2n) is 8.05. The number of carbonyl (C=O) groups is 2. The largest absolute Gasteiger partial charge is 0.299 e. The third-order valence-electron chi connectivity index (χ3n) is 7.22. The van der Waals surface area contributed by atoms with Crippen LogP contribution in [-0.2, 0) is 9.59 Å². The predicted octanol–water partition coefficient (Wildman–Crippen LogP) is 3.86. The lowest BCUT2D eigenvalue weighted by Gasteiger charge is -2.54. The summed E-state index contributed by atoms with van der Waals surface area (Å²) in [5.74, 6) is 2.44. The molecule has 2 saturated carbocycles. The van der Waals surface area contributed by atoms with Crippen LogP contribution < -0.4 is 0 Å². The maximum absolute atomic E-state index is 12.3. The van der Waals surface area contributed by atoms with E-state index in [1.165, 1.54) is 5.57 Å². The van der Waals surface area contributed by atoms with E-state index in [1.54, 1.807) is 0 Å². The van der Waals surface area contributed by atoms with Crippen LogP contribution in [0.1, 0.15) is 52.4 Å². The van der Waals surface area contributed by atoms with E-state index in [0.717, 1.165) is 32.1 Å². The van der Waals surface area contributed by atoms with Crippen LogP contribution in [0.2, 0.25) is 0 Å². The molecule has 0 aromatic heterocycles. The molecule has 0 bridgehead atoms. The highest BCUT2D eigenvalue weighted by Gasteiger charge is 2.57. The lowest BCUT2D eigenvalue weighted by molar-refractivity contribution is -0.130. The summed E-state index contributed by atoms with van der Waals surface area (Å²) in [6.45, 7) is 4.56. The zero-order chi connectivity index (χ0) is 14.8. The Labute approximate surface area is 126 Å². The van der Waals surface area contributed by atoms with Crippen molar-refractivity contribution in [2.24, 2.45) is 28.6 Å². The Morgan fingerprint density at radius 1 is 1.00 bits per heavy atom. The molecule has 0 heterocycles. The van der Waals surface area contributed by atoms with Crippen molar-refractivity contribution >= 4 is 11.6 Å². The first-order valence-corrected chi connectivity index (χ1v) is 8.42. The van der Waals surface area contributed by atoms with Crippen molar-refractivity contribution in [3.8, 4) is 0 Å². The Hall–Kier alpha value is -1.18. The molecule has 0 unspecified atom stereocenters. The van der Waals surface area contributed by atoms with Gasteiger partial charge in [-0.1, -0.05) is 26.0 Å². The number of hydrogen-bond donors (Lipinski definition) is 0. The van der Waals surface area contributed by atoms with Crippen LogP contribution in [0.3, 0.4) is 0 Å². The zero-order valence-corrected chi connectivity index (χ0v) is 13.0. The van der Waals surface area contributed by atoms with Crippen molar-refractivity contribution in [2.45, 2.75) is 52.4 Å². The molecule has 0 aromatic carbocycles. The average Bonchev–Trinajstić information content (AvgIpc) is 2.76. The Balaban J connectivity index is 1.77. The highest BCUT2D eigenvalue weighted by molar-refractivity contribution is 5.92. The van der Waals surface area contributed by atoms with E-state index in [1.807, 2.05) is 6.08 Å². The molecule has 0 radical (unpaired) electrons. The summed E-state index contributed by atoms with van der Waals surface area (Å²) in [5.41, 5.74) is 1.32. The molecule has 4 aliphatic carbocycles. The number of Topliss-reactive ketones (excluding diaryl/α,β-unsaturated/α-hetero) is 1. The van der Waals surface area contributed by atoms with Crippen LogP contribution in [0.15, 0.2) is 23.8 Å². The van der Waals surface area contributed by atoms with Crippen molar-refractivity contribution in [1.29, 1.82) is 0 Å². The van der Waals surface area contributed by atoms with E-state index in [2.05, 4.69) is 26.0 Å². The van der Waals surface area contributed by atoms with Gasteiger partial charge in [-0.2, -0.15) is 0 Å². The lowest BCUT2D eigenvalue weighted by atomic mass is 9.49. The van der Waals surface area contributed by atoms with Crippen LogP contribution >= 0.6 is 0 Å². The number of hydrogen-bond acceptors (Lipinski definition) is 2. The number of ketones is 2. The first-order valence-electron chi connectivity index (χ1n) is 8.42. The molecule has 0 N–H and O–H groups in total. The van der Waals surface area contributed by atoms with Gasteiger partial charge in [-0.3, -0.25) is 9.59 Å². The average molecular weight is 284 g/mol. The Morgan fingerprint density at radius 2 is 1.76 bits per heavy atom. The summed E-state index contributed by atoms with van der Waals surface area (Å²) in [5, 5.41) is 0. The fourth-order valence-corrected chi connectivity index (χ4v) is 5.77. The second-order valence-corrected chi connectivity index (χ2v) is 8.05. The fourth-order valence-electron chi connectivity index (χ4n) is 5.77. The van der Waals surface area contributed by atoms with Gasteiger partial charge in [-0.15, -0.1) is 0 Å². The van der Waals surface area contributed by atoms with E-state index >= 15 is 0 Å². The normalized spacial score (nSPS) is 48.5. The molecule has 2 fully saturated rings. The third kappa shape index (κ3) is 1.65. The second kappa shape index (κ2) is 4.18. The smallest absolute Gasteiger partial charge is 0.156 e. The molecule has 21 heavy (non-hydrogen) atoms. The molecule has 4 aliphatic rings. The first kappa shape index (κ1) is 13.5. The molecular weight excluding hydrogens is 260 g/mol. The third-order valence-corrected chi connectivity index (χ3v) is 7.22. The van der Waals surface area contributed by atoms with Crippen LogP contribution in [0.4, 0.5) is 0 Å². The SMILES string of the molecule is C[C@]12CC[C@H]3[C@@H](C=CC4=CC(=O)CC[C@]43C)[C@H]1CCC2=O. The molecule has 5 atom stereocenters. The van der Waals surface area contributed by atoms with Gasteiger partial charge in [0.05, 0.1) is 0 Å². The van der Waals surface area contributed by atoms with Gasteiger partial charge in [0, 0.05) is 18.3 Å². The van der Waals surface area contributed by atoms with Gasteiger partial charge in [0.15, 0.2) is 5.78 Å². The molecule has 2 heteroatoms. The van der Waals surface area contributed by atoms with Crippen LogP contribution in [-0.4, -0.2) is 11.6 Å². The molecule has 0 saturated heterocycles. The van der Waals surface area contributed by atoms with Gasteiger partial charge >= 0.3 is 0 Å². The van der Waals surface area contributed by atoms with Gasteiger partial charge in [-0.05, 0) is 60.5 Å². The standard InChI is InChI=1S/C19H24O2/c1-18-9-7-13(20)11-12(18)3-4-14-15-5-6-17(21)19(15,2)10-8-16(14)18/h3-4,11,14-16H,5-10H2,1-2H3/t14-,15+,16-,18+,19-/m0/s1. The van der Waals surface area contributed by atoms with Crippen LogP contribution in [0, 0.1) is 28.6 Å². The van der Waals surface area contributed by atoms with Gasteiger partial charge in [0.25, 0.3) is 0 Å². The minimum Gasteiger partial charge on any atom is -0.299 e. The first-order chi connectivity index (χ1) is 9.95. The molecule has 4 rings (SSSR count). The molecule has 112 valence electrons. The number of fused-ring (bicyclic) bond motifs is 5. The van der Waals surface area contributed by atoms with Crippen molar-refractivity contribution in [1.82, 2.24) is 0 Å². The molecule has 0 aliphatic heterocycles. The summed E-state index contributed by atoms with van der Waals surface area (Å²) >= 11 is 0. The van der Waals surface area contributed by atoms with Crippen molar-refractivity contribution in [3.05, 3.63) is 23.8 Å². The summed E-state index contributed by atoms with van der Waals surface area (Å²) in [7, 11) is 0.